The van der Waals surface area contributed by atoms with Gasteiger partial charge in [-0.3, -0.25) is 15.1 Å². The number of benzene rings is 1. The van der Waals surface area contributed by atoms with Crippen molar-refractivity contribution < 1.29 is 24.2 Å². The van der Waals surface area contributed by atoms with Crippen LogP contribution in [0.15, 0.2) is 18.2 Å². The second kappa shape index (κ2) is 8.91. The fraction of sp³-hybridized carbons (Fsp3) is 0.471. The van der Waals surface area contributed by atoms with Gasteiger partial charge in [-0.2, -0.15) is 0 Å². The van der Waals surface area contributed by atoms with Crippen LogP contribution in [0, 0.1) is 11.3 Å². The molecule has 1 atom stereocenters. The number of aliphatic carboxylic acids is 1. The van der Waals surface area contributed by atoms with Crippen LogP contribution in [0.25, 0.3) is 0 Å². The number of nitrogens with two attached hydrogens (primary N) is 1. The van der Waals surface area contributed by atoms with Gasteiger partial charge < -0.3 is 20.3 Å². The first-order valence-electron chi connectivity index (χ1n) is 7.81. The highest BCUT2D eigenvalue weighted by Crippen LogP contribution is 2.28. The van der Waals surface area contributed by atoms with E-state index in [4.69, 9.17) is 20.6 Å². The third-order valence-corrected chi connectivity index (χ3v) is 3.62. The number of carboxylic acid groups (broad SMARTS) is 1. The maximum atomic E-state index is 12.6. The van der Waals surface area contributed by atoms with Crippen molar-refractivity contribution in [3.05, 3.63) is 23.8 Å². The van der Waals surface area contributed by atoms with E-state index < -0.39 is 23.9 Å². The molecule has 1 aromatic carbocycles. The summed E-state index contributed by atoms with van der Waals surface area (Å²) in [5.41, 5.74) is 6.09. The lowest BCUT2D eigenvalue weighted by Crippen LogP contribution is -2.52. The highest BCUT2D eigenvalue weighted by Gasteiger charge is 2.32. The summed E-state index contributed by atoms with van der Waals surface area (Å²) in [6, 6.07) is 3.79. The molecular formula is C17H25N3O5. The van der Waals surface area contributed by atoms with Gasteiger partial charge in [0.05, 0.1) is 20.6 Å². The number of hydrogen-bond donors (Lipinski definition) is 3. The second-order valence-electron chi connectivity index (χ2n) is 6.00. The number of amides is 1. The first kappa shape index (κ1) is 20.3. The topological polar surface area (TPSA) is 126 Å². The smallest absolute Gasteiger partial charge is 0.326 e. The summed E-state index contributed by atoms with van der Waals surface area (Å²) in [7, 11) is 2.98. The highest BCUT2D eigenvalue weighted by molar-refractivity contribution is 5.99. The number of nitrogens with one attached hydrogen (secondary N) is 1. The molecule has 0 radical (unpaired) electrons. The normalized spacial score (nSPS) is 11.7. The lowest BCUT2D eigenvalue weighted by atomic mass is 10.0. The Morgan fingerprint density at radius 1 is 1.24 bits per heavy atom. The fourth-order valence-corrected chi connectivity index (χ4v) is 2.49. The van der Waals surface area contributed by atoms with Crippen molar-refractivity contribution in [2.75, 3.05) is 14.2 Å². The molecule has 0 aliphatic rings. The van der Waals surface area contributed by atoms with Crippen molar-refractivity contribution in [3.63, 3.8) is 0 Å². The van der Waals surface area contributed by atoms with Gasteiger partial charge in [-0.05, 0) is 30.0 Å². The fourth-order valence-electron chi connectivity index (χ4n) is 2.49. The van der Waals surface area contributed by atoms with Crippen molar-refractivity contribution >= 4 is 17.8 Å². The standard InChI is InChI=1S/C17H25N3O5/c1-10(2)7-12(16(22)23)20(17(18)19)15(21)9-11-5-6-13(24-3)14(8-11)25-4/h5-6,8,10,12H,7,9H2,1-4H3,(H3,18,19)(H,22,23)/t12-/m1/s1. The summed E-state index contributed by atoms with van der Waals surface area (Å²) in [5, 5.41) is 17.1. The molecule has 0 aromatic heterocycles. The van der Waals surface area contributed by atoms with E-state index in [9.17, 15) is 14.7 Å². The molecule has 0 aliphatic carbocycles. The monoisotopic (exact) mass is 351 g/mol. The minimum Gasteiger partial charge on any atom is -0.493 e. The summed E-state index contributed by atoms with van der Waals surface area (Å²) in [4.78, 5) is 25.0. The number of nitrogens with zero attached hydrogens (tertiary/aromatic N) is 1. The molecule has 0 unspecified atom stereocenters. The van der Waals surface area contributed by atoms with Gasteiger partial charge >= 0.3 is 5.97 Å². The van der Waals surface area contributed by atoms with Crippen LogP contribution in [-0.2, 0) is 16.0 Å². The molecule has 138 valence electrons. The van der Waals surface area contributed by atoms with Gasteiger partial charge in [0, 0.05) is 0 Å². The summed E-state index contributed by atoms with van der Waals surface area (Å²) in [6.45, 7) is 3.68. The number of ether oxygens (including phenoxy) is 2. The Labute approximate surface area is 147 Å². The average molecular weight is 351 g/mol. The Morgan fingerprint density at radius 3 is 2.28 bits per heavy atom. The van der Waals surface area contributed by atoms with Crippen molar-refractivity contribution in [1.29, 1.82) is 5.41 Å². The van der Waals surface area contributed by atoms with Crippen molar-refractivity contribution in [3.8, 4) is 11.5 Å². The maximum absolute atomic E-state index is 12.6. The van der Waals surface area contributed by atoms with Crippen LogP contribution in [0.2, 0.25) is 0 Å². The third-order valence-electron chi connectivity index (χ3n) is 3.62. The predicted molar refractivity (Wildman–Crippen MR) is 92.9 cm³/mol. The lowest BCUT2D eigenvalue weighted by molar-refractivity contribution is -0.147. The lowest BCUT2D eigenvalue weighted by Gasteiger charge is -2.28. The molecule has 0 heterocycles. The van der Waals surface area contributed by atoms with Crippen LogP contribution in [-0.4, -0.2) is 48.1 Å². The Bertz CT molecular complexity index is 645. The summed E-state index contributed by atoms with van der Waals surface area (Å²) >= 11 is 0. The van der Waals surface area contributed by atoms with Crippen LogP contribution in [0.1, 0.15) is 25.8 Å². The molecule has 0 bridgehead atoms. The first-order chi connectivity index (χ1) is 11.7. The molecule has 1 amide bonds. The molecule has 0 fully saturated rings. The van der Waals surface area contributed by atoms with Gasteiger partial charge in [-0.25, -0.2) is 4.79 Å². The Hall–Kier alpha value is -2.77. The van der Waals surface area contributed by atoms with Gasteiger partial charge in [0.2, 0.25) is 5.91 Å². The predicted octanol–water partition coefficient (Wildman–Crippen LogP) is 1.47. The van der Waals surface area contributed by atoms with E-state index in [0.29, 0.717) is 17.1 Å². The molecule has 1 rings (SSSR count). The van der Waals surface area contributed by atoms with Gasteiger partial charge in [-0.1, -0.05) is 19.9 Å². The maximum Gasteiger partial charge on any atom is 0.326 e. The van der Waals surface area contributed by atoms with Crippen molar-refractivity contribution in [1.82, 2.24) is 4.90 Å². The van der Waals surface area contributed by atoms with Crippen molar-refractivity contribution in [2.24, 2.45) is 11.7 Å². The minimum absolute atomic E-state index is 0.0248. The number of hydrogen-bond acceptors (Lipinski definition) is 5. The Morgan fingerprint density at radius 2 is 1.84 bits per heavy atom. The van der Waals surface area contributed by atoms with Crippen LogP contribution >= 0.6 is 0 Å². The van der Waals surface area contributed by atoms with E-state index in [1.807, 2.05) is 13.8 Å². The zero-order valence-corrected chi connectivity index (χ0v) is 14.9. The summed E-state index contributed by atoms with van der Waals surface area (Å²) < 4.78 is 10.3. The van der Waals surface area contributed by atoms with E-state index >= 15 is 0 Å². The van der Waals surface area contributed by atoms with Gasteiger partial charge in [0.25, 0.3) is 0 Å². The first-order valence-corrected chi connectivity index (χ1v) is 7.81. The molecule has 25 heavy (non-hydrogen) atoms. The van der Waals surface area contributed by atoms with E-state index in [-0.39, 0.29) is 18.8 Å². The van der Waals surface area contributed by atoms with Crippen LogP contribution in [0.4, 0.5) is 0 Å². The number of carboxylic acids is 1. The number of carbonyl (C=O) groups excluding carboxylic acids is 1. The Balaban J connectivity index is 3.07. The summed E-state index contributed by atoms with van der Waals surface area (Å²) in [5.74, 6) is -1.34. The second-order valence-corrected chi connectivity index (χ2v) is 6.00. The van der Waals surface area contributed by atoms with Gasteiger partial charge in [0.15, 0.2) is 17.5 Å². The van der Waals surface area contributed by atoms with Gasteiger partial charge in [0.1, 0.15) is 6.04 Å². The zero-order chi connectivity index (χ0) is 19.1. The Kier molecular flexibility index (Phi) is 7.22. The molecule has 0 saturated heterocycles. The van der Waals surface area contributed by atoms with Crippen LogP contribution in [0.5, 0.6) is 11.5 Å². The van der Waals surface area contributed by atoms with Gasteiger partial charge in [-0.15, -0.1) is 0 Å². The number of methoxy groups -OCH3 is 2. The van der Waals surface area contributed by atoms with E-state index in [1.54, 1.807) is 18.2 Å². The minimum atomic E-state index is -1.19. The highest BCUT2D eigenvalue weighted by atomic mass is 16.5. The molecule has 4 N–H and O–H groups in total. The molecule has 0 saturated carbocycles. The average Bonchev–Trinajstić information content (AvgIpc) is 2.53. The number of guanidine groups is 1. The molecule has 8 heteroatoms. The van der Waals surface area contributed by atoms with Crippen LogP contribution in [0.3, 0.4) is 0 Å². The quantitative estimate of drug-likeness (QED) is 0.481. The number of carbonyl (C=O) groups is 2. The SMILES string of the molecule is COc1ccc(CC(=O)N(C(=N)N)[C@H](CC(C)C)C(=O)O)cc1OC. The molecule has 0 aliphatic heterocycles. The van der Waals surface area contributed by atoms with E-state index in [2.05, 4.69) is 0 Å². The van der Waals surface area contributed by atoms with E-state index in [1.165, 1.54) is 14.2 Å². The summed E-state index contributed by atoms with van der Waals surface area (Å²) in [6.07, 6.45) is 0.0917. The number of rotatable bonds is 8. The molecule has 1 aromatic rings. The largest absolute Gasteiger partial charge is 0.493 e. The molecule has 0 spiro atoms. The zero-order valence-electron chi connectivity index (χ0n) is 14.9. The third kappa shape index (κ3) is 5.37. The van der Waals surface area contributed by atoms with Crippen LogP contribution < -0.4 is 15.2 Å². The molecule has 8 nitrogen and oxygen atoms in total. The molecular weight excluding hydrogens is 326 g/mol. The van der Waals surface area contributed by atoms with E-state index in [0.717, 1.165) is 4.90 Å². The van der Waals surface area contributed by atoms with Crippen molar-refractivity contribution in [2.45, 2.75) is 32.7 Å².